The SMILES string of the molecule is C/C(CCc1ccc(Cl)cc1)=N\NC(N)=O. The lowest BCUT2D eigenvalue weighted by Gasteiger charge is -2.02. The third-order valence-corrected chi connectivity index (χ3v) is 2.30. The Morgan fingerprint density at radius 2 is 2.06 bits per heavy atom. The van der Waals surface area contributed by atoms with Crippen LogP contribution in [-0.2, 0) is 6.42 Å². The summed E-state index contributed by atoms with van der Waals surface area (Å²) in [5, 5.41) is 4.55. The summed E-state index contributed by atoms with van der Waals surface area (Å²) in [6.45, 7) is 1.84. The Morgan fingerprint density at radius 1 is 1.44 bits per heavy atom. The molecule has 0 heterocycles. The van der Waals surface area contributed by atoms with Crippen molar-refractivity contribution in [3.05, 3.63) is 34.9 Å². The second kappa shape index (κ2) is 6.12. The van der Waals surface area contributed by atoms with Gasteiger partial charge in [-0.15, -0.1) is 0 Å². The van der Waals surface area contributed by atoms with Crippen molar-refractivity contribution in [2.45, 2.75) is 19.8 Å². The van der Waals surface area contributed by atoms with Crippen LogP contribution in [0.15, 0.2) is 29.4 Å². The molecule has 0 saturated carbocycles. The third kappa shape index (κ3) is 4.79. The number of halogens is 1. The molecule has 0 atom stereocenters. The van der Waals surface area contributed by atoms with E-state index in [1.165, 1.54) is 5.56 Å². The molecule has 4 nitrogen and oxygen atoms in total. The van der Waals surface area contributed by atoms with Gasteiger partial charge in [0, 0.05) is 10.7 Å². The van der Waals surface area contributed by atoms with Crippen molar-refractivity contribution in [3.8, 4) is 0 Å². The van der Waals surface area contributed by atoms with E-state index in [2.05, 4.69) is 10.5 Å². The molecule has 5 heteroatoms. The summed E-state index contributed by atoms with van der Waals surface area (Å²) in [5.41, 5.74) is 9.10. The lowest BCUT2D eigenvalue weighted by molar-refractivity contribution is 0.249. The predicted octanol–water partition coefficient (Wildman–Crippen LogP) is 2.32. The first-order valence-corrected chi connectivity index (χ1v) is 5.29. The Labute approximate surface area is 99.5 Å². The normalized spacial score (nSPS) is 11.2. The first-order chi connectivity index (χ1) is 7.58. The van der Waals surface area contributed by atoms with Crippen molar-refractivity contribution >= 4 is 23.3 Å². The van der Waals surface area contributed by atoms with E-state index in [1.807, 2.05) is 31.2 Å². The van der Waals surface area contributed by atoms with Crippen LogP contribution in [0.1, 0.15) is 18.9 Å². The van der Waals surface area contributed by atoms with Gasteiger partial charge in [0.05, 0.1) is 0 Å². The standard InChI is InChI=1S/C11H14ClN3O/c1-8(14-15-11(13)16)2-3-9-4-6-10(12)7-5-9/h4-7H,2-3H2,1H3,(H3,13,15,16)/b14-8+. The number of primary amides is 1. The second-order valence-electron chi connectivity index (χ2n) is 3.45. The van der Waals surface area contributed by atoms with E-state index < -0.39 is 6.03 Å². The van der Waals surface area contributed by atoms with Crippen molar-refractivity contribution in [1.29, 1.82) is 0 Å². The Morgan fingerprint density at radius 3 is 2.62 bits per heavy atom. The van der Waals surface area contributed by atoms with E-state index in [0.717, 1.165) is 23.6 Å². The van der Waals surface area contributed by atoms with E-state index in [1.54, 1.807) is 0 Å². The fraction of sp³-hybridized carbons (Fsp3) is 0.273. The predicted molar refractivity (Wildman–Crippen MR) is 65.6 cm³/mol. The van der Waals surface area contributed by atoms with Crippen molar-refractivity contribution < 1.29 is 4.79 Å². The number of urea groups is 1. The van der Waals surface area contributed by atoms with Gasteiger partial charge in [-0.05, 0) is 37.5 Å². The highest BCUT2D eigenvalue weighted by Gasteiger charge is 1.97. The lowest BCUT2D eigenvalue weighted by atomic mass is 10.1. The summed E-state index contributed by atoms with van der Waals surface area (Å²) in [5.74, 6) is 0. The Bertz CT molecular complexity index is 387. The van der Waals surface area contributed by atoms with Crippen LogP contribution in [0, 0.1) is 0 Å². The molecule has 0 spiro atoms. The molecule has 0 aliphatic heterocycles. The highest BCUT2D eigenvalue weighted by atomic mass is 35.5. The maximum absolute atomic E-state index is 10.4. The van der Waals surface area contributed by atoms with Crippen molar-refractivity contribution in [3.63, 3.8) is 0 Å². The van der Waals surface area contributed by atoms with Gasteiger partial charge in [-0.2, -0.15) is 5.10 Å². The number of aryl methyl sites for hydroxylation is 1. The van der Waals surface area contributed by atoms with Gasteiger partial charge in [-0.1, -0.05) is 23.7 Å². The molecule has 1 rings (SSSR count). The summed E-state index contributed by atoms with van der Waals surface area (Å²) >= 11 is 5.77. The number of amides is 2. The van der Waals surface area contributed by atoms with Crippen molar-refractivity contribution in [1.82, 2.24) is 5.43 Å². The zero-order valence-corrected chi connectivity index (χ0v) is 9.79. The molecule has 0 unspecified atom stereocenters. The van der Waals surface area contributed by atoms with Crippen LogP contribution in [0.3, 0.4) is 0 Å². The maximum atomic E-state index is 10.4. The Hall–Kier alpha value is -1.55. The summed E-state index contributed by atoms with van der Waals surface area (Å²) in [6.07, 6.45) is 1.62. The molecule has 2 amide bonds. The largest absolute Gasteiger partial charge is 0.350 e. The van der Waals surface area contributed by atoms with Gasteiger partial charge in [0.1, 0.15) is 0 Å². The van der Waals surface area contributed by atoms with Crippen LogP contribution in [0.5, 0.6) is 0 Å². The fourth-order valence-corrected chi connectivity index (χ4v) is 1.31. The molecule has 0 fully saturated rings. The van der Waals surface area contributed by atoms with Crippen LogP contribution in [0.4, 0.5) is 4.79 Å². The van der Waals surface area contributed by atoms with Gasteiger partial charge < -0.3 is 5.73 Å². The molecule has 3 N–H and O–H groups in total. The smallest absolute Gasteiger partial charge is 0.332 e. The Balaban J connectivity index is 2.42. The minimum atomic E-state index is -0.647. The number of rotatable bonds is 4. The van der Waals surface area contributed by atoms with Crippen LogP contribution in [-0.4, -0.2) is 11.7 Å². The monoisotopic (exact) mass is 239 g/mol. The Kier molecular flexibility index (Phi) is 4.79. The second-order valence-corrected chi connectivity index (χ2v) is 3.89. The van der Waals surface area contributed by atoms with Crippen LogP contribution < -0.4 is 11.2 Å². The topological polar surface area (TPSA) is 67.5 Å². The number of nitrogens with one attached hydrogen (secondary N) is 1. The van der Waals surface area contributed by atoms with Gasteiger partial charge in [0.25, 0.3) is 0 Å². The van der Waals surface area contributed by atoms with Crippen LogP contribution in [0.2, 0.25) is 5.02 Å². The summed E-state index contributed by atoms with van der Waals surface area (Å²) in [4.78, 5) is 10.4. The number of nitrogens with zero attached hydrogens (tertiary/aromatic N) is 1. The van der Waals surface area contributed by atoms with Crippen LogP contribution in [0.25, 0.3) is 0 Å². The molecule has 1 aromatic carbocycles. The molecular weight excluding hydrogens is 226 g/mol. The number of hydrogen-bond donors (Lipinski definition) is 2. The van der Waals surface area contributed by atoms with Gasteiger partial charge in [-0.25, -0.2) is 10.2 Å². The number of nitrogens with two attached hydrogens (primary N) is 1. The molecule has 0 aromatic heterocycles. The summed E-state index contributed by atoms with van der Waals surface area (Å²) in [7, 11) is 0. The highest BCUT2D eigenvalue weighted by Crippen LogP contribution is 2.11. The first-order valence-electron chi connectivity index (χ1n) is 4.91. The quantitative estimate of drug-likeness (QED) is 0.615. The van der Waals surface area contributed by atoms with E-state index in [-0.39, 0.29) is 0 Å². The first kappa shape index (κ1) is 12.5. The van der Waals surface area contributed by atoms with Gasteiger partial charge >= 0.3 is 6.03 Å². The summed E-state index contributed by atoms with van der Waals surface area (Å²) < 4.78 is 0. The average Bonchev–Trinajstić information content (AvgIpc) is 2.25. The molecule has 16 heavy (non-hydrogen) atoms. The molecule has 86 valence electrons. The molecule has 1 aromatic rings. The number of carbonyl (C=O) groups excluding carboxylic acids is 1. The zero-order valence-electron chi connectivity index (χ0n) is 9.03. The fourth-order valence-electron chi connectivity index (χ4n) is 1.18. The van der Waals surface area contributed by atoms with E-state index in [4.69, 9.17) is 17.3 Å². The maximum Gasteiger partial charge on any atom is 0.332 e. The molecule has 0 aliphatic rings. The third-order valence-electron chi connectivity index (χ3n) is 2.05. The van der Waals surface area contributed by atoms with Gasteiger partial charge in [0.2, 0.25) is 0 Å². The minimum Gasteiger partial charge on any atom is -0.350 e. The van der Waals surface area contributed by atoms with E-state index in [0.29, 0.717) is 0 Å². The van der Waals surface area contributed by atoms with E-state index >= 15 is 0 Å². The zero-order chi connectivity index (χ0) is 12.0. The van der Waals surface area contributed by atoms with Crippen molar-refractivity contribution in [2.75, 3.05) is 0 Å². The van der Waals surface area contributed by atoms with Gasteiger partial charge in [-0.3, -0.25) is 0 Å². The van der Waals surface area contributed by atoms with E-state index in [9.17, 15) is 4.79 Å². The molecule has 0 saturated heterocycles. The average molecular weight is 240 g/mol. The lowest BCUT2D eigenvalue weighted by Crippen LogP contribution is -2.25. The number of benzene rings is 1. The van der Waals surface area contributed by atoms with Crippen LogP contribution >= 0.6 is 11.6 Å². The molecule has 0 bridgehead atoms. The summed E-state index contributed by atoms with van der Waals surface area (Å²) in [6, 6.07) is 7.00. The minimum absolute atomic E-state index is 0.647. The number of carbonyl (C=O) groups is 1. The number of hydrogen-bond acceptors (Lipinski definition) is 2. The van der Waals surface area contributed by atoms with Gasteiger partial charge in [0.15, 0.2) is 0 Å². The highest BCUT2D eigenvalue weighted by molar-refractivity contribution is 6.30. The molecule has 0 aliphatic carbocycles. The molecular formula is C11H14ClN3O. The van der Waals surface area contributed by atoms with Crippen molar-refractivity contribution in [2.24, 2.45) is 10.8 Å². The molecule has 0 radical (unpaired) electrons. The number of hydrazone groups is 1.